The summed E-state index contributed by atoms with van der Waals surface area (Å²) in [4.78, 5) is 36.7. The second-order valence-corrected chi connectivity index (χ2v) is 8.69. The molecular formula is C23H35N3O4. The van der Waals surface area contributed by atoms with Crippen molar-refractivity contribution in [3.05, 3.63) is 33.2 Å². The highest BCUT2D eigenvalue weighted by Gasteiger charge is 2.23. The summed E-state index contributed by atoms with van der Waals surface area (Å²) in [6.07, 6.45) is 12.5. The molecule has 1 aromatic heterocycles. The Kier molecular flexibility index (Phi) is 8.49. The van der Waals surface area contributed by atoms with Crippen molar-refractivity contribution in [2.24, 2.45) is 5.92 Å². The molecule has 0 spiro atoms. The second-order valence-electron chi connectivity index (χ2n) is 8.69. The van der Waals surface area contributed by atoms with Gasteiger partial charge >= 0.3 is 5.97 Å². The lowest BCUT2D eigenvalue weighted by Crippen LogP contribution is -2.39. The van der Waals surface area contributed by atoms with Crippen LogP contribution in [0.4, 0.5) is 0 Å². The van der Waals surface area contributed by atoms with Gasteiger partial charge in [-0.2, -0.15) is 0 Å². The molecule has 7 nitrogen and oxygen atoms in total. The van der Waals surface area contributed by atoms with E-state index >= 15 is 0 Å². The molecule has 1 amide bonds. The van der Waals surface area contributed by atoms with Crippen LogP contribution in [-0.2, 0) is 24.2 Å². The molecule has 166 valence electrons. The lowest BCUT2D eigenvalue weighted by atomic mass is 9.88. The van der Waals surface area contributed by atoms with Crippen LogP contribution >= 0.6 is 0 Å². The normalized spacial score (nSPS) is 17.6. The third kappa shape index (κ3) is 6.17. The van der Waals surface area contributed by atoms with E-state index < -0.39 is 5.97 Å². The van der Waals surface area contributed by atoms with Crippen LogP contribution in [0.25, 0.3) is 0 Å². The van der Waals surface area contributed by atoms with Crippen LogP contribution in [-0.4, -0.2) is 41.2 Å². The molecule has 30 heavy (non-hydrogen) atoms. The van der Waals surface area contributed by atoms with Crippen LogP contribution in [0.15, 0.2) is 10.9 Å². The molecule has 1 aromatic rings. The number of aromatic nitrogens is 1. The van der Waals surface area contributed by atoms with Crippen molar-refractivity contribution < 1.29 is 14.7 Å². The number of amides is 1. The molecule has 7 heteroatoms. The molecule has 0 saturated heterocycles. The number of hydrogen-bond donors (Lipinski definition) is 3. The van der Waals surface area contributed by atoms with Gasteiger partial charge in [0, 0.05) is 25.3 Å². The van der Waals surface area contributed by atoms with Gasteiger partial charge in [0.05, 0.1) is 6.54 Å². The Labute approximate surface area is 178 Å². The molecular weight excluding hydrogens is 382 g/mol. The minimum atomic E-state index is -0.936. The highest BCUT2D eigenvalue weighted by atomic mass is 16.4. The minimum absolute atomic E-state index is 0.150. The fourth-order valence-corrected chi connectivity index (χ4v) is 4.77. The minimum Gasteiger partial charge on any atom is -0.480 e. The average molecular weight is 418 g/mol. The van der Waals surface area contributed by atoms with Crippen molar-refractivity contribution >= 4 is 11.9 Å². The number of pyridine rings is 1. The zero-order valence-electron chi connectivity index (χ0n) is 17.9. The highest BCUT2D eigenvalue weighted by Crippen LogP contribution is 2.27. The Morgan fingerprint density at radius 3 is 2.43 bits per heavy atom. The van der Waals surface area contributed by atoms with Gasteiger partial charge in [-0.1, -0.05) is 32.1 Å². The molecule has 2 aliphatic rings. The number of fused-ring (bicyclic) bond motifs is 1. The standard InChI is InChI=1S/C23H35N3O4/c27-21(28)15-24-12-13-25-22(29)19-14-18-10-6-1-2-7-11-20(18)26(23(19)30)16-17-8-4-3-5-9-17/h14,17,24H,1-13,15-16H2,(H,25,29)(H,27,28). The molecule has 3 N–H and O–H groups in total. The molecule has 0 bridgehead atoms. The van der Waals surface area contributed by atoms with Gasteiger partial charge in [-0.05, 0) is 56.1 Å². The van der Waals surface area contributed by atoms with Gasteiger partial charge in [-0.3, -0.25) is 14.4 Å². The van der Waals surface area contributed by atoms with E-state index in [4.69, 9.17) is 5.11 Å². The SMILES string of the molecule is O=C(O)CNCCNC(=O)c1cc2c(n(CC3CCCCC3)c1=O)CCCCCC2. The van der Waals surface area contributed by atoms with E-state index in [0.717, 1.165) is 56.3 Å². The topological polar surface area (TPSA) is 100 Å². The van der Waals surface area contributed by atoms with Crippen LogP contribution in [0.2, 0.25) is 0 Å². The van der Waals surface area contributed by atoms with E-state index in [2.05, 4.69) is 10.6 Å². The molecule has 0 unspecified atom stereocenters. The summed E-state index contributed by atoms with van der Waals surface area (Å²) in [7, 11) is 0. The Morgan fingerprint density at radius 1 is 1.00 bits per heavy atom. The molecule has 0 aromatic carbocycles. The monoisotopic (exact) mass is 417 g/mol. The number of aliphatic carboxylic acids is 1. The molecule has 2 aliphatic carbocycles. The third-order valence-corrected chi connectivity index (χ3v) is 6.37. The number of carbonyl (C=O) groups is 2. The van der Waals surface area contributed by atoms with E-state index in [0.29, 0.717) is 12.5 Å². The van der Waals surface area contributed by atoms with Gasteiger partial charge in [-0.25, -0.2) is 0 Å². The van der Waals surface area contributed by atoms with Crippen LogP contribution in [0.3, 0.4) is 0 Å². The van der Waals surface area contributed by atoms with Crippen LogP contribution in [0.5, 0.6) is 0 Å². The van der Waals surface area contributed by atoms with E-state index in [1.807, 2.05) is 10.6 Å². The first-order valence-electron chi connectivity index (χ1n) is 11.5. The van der Waals surface area contributed by atoms with Gasteiger partial charge in [0.15, 0.2) is 0 Å². The number of carboxylic acids is 1. The summed E-state index contributed by atoms with van der Waals surface area (Å²) in [5.41, 5.74) is 2.35. The van der Waals surface area contributed by atoms with E-state index in [-0.39, 0.29) is 30.1 Å². The van der Waals surface area contributed by atoms with E-state index in [1.54, 1.807) is 0 Å². The number of nitrogens with one attached hydrogen (secondary N) is 2. The summed E-state index contributed by atoms with van der Waals surface area (Å²) >= 11 is 0. The molecule has 0 atom stereocenters. The number of carbonyl (C=O) groups excluding carboxylic acids is 1. The van der Waals surface area contributed by atoms with Gasteiger partial charge < -0.3 is 20.3 Å². The van der Waals surface area contributed by atoms with E-state index in [1.165, 1.54) is 32.1 Å². The van der Waals surface area contributed by atoms with Crippen molar-refractivity contribution in [3.8, 4) is 0 Å². The Bertz CT molecular complexity index is 796. The number of hydrogen-bond acceptors (Lipinski definition) is 4. The second kappa shape index (κ2) is 11.3. The molecule has 1 heterocycles. The van der Waals surface area contributed by atoms with Gasteiger partial charge in [0.1, 0.15) is 5.56 Å². The predicted octanol–water partition coefficient (Wildman–Crippen LogP) is 2.49. The van der Waals surface area contributed by atoms with Gasteiger partial charge in [0.25, 0.3) is 11.5 Å². The van der Waals surface area contributed by atoms with Crippen LogP contribution in [0, 0.1) is 5.92 Å². The molecule has 0 aliphatic heterocycles. The first-order chi connectivity index (χ1) is 14.6. The first-order valence-corrected chi connectivity index (χ1v) is 11.5. The molecule has 3 rings (SSSR count). The fraction of sp³-hybridized carbons (Fsp3) is 0.696. The maximum Gasteiger partial charge on any atom is 0.317 e. The summed E-state index contributed by atoms with van der Waals surface area (Å²) in [6, 6.07) is 1.82. The molecule has 0 radical (unpaired) electrons. The summed E-state index contributed by atoms with van der Waals surface area (Å²) in [5, 5.41) is 14.2. The maximum absolute atomic E-state index is 13.3. The van der Waals surface area contributed by atoms with Crippen molar-refractivity contribution in [2.75, 3.05) is 19.6 Å². The van der Waals surface area contributed by atoms with Crippen molar-refractivity contribution in [1.29, 1.82) is 0 Å². The molecule has 1 fully saturated rings. The highest BCUT2D eigenvalue weighted by molar-refractivity contribution is 5.94. The predicted molar refractivity (Wildman–Crippen MR) is 116 cm³/mol. The van der Waals surface area contributed by atoms with Gasteiger partial charge in [0.2, 0.25) is 0 Å². The smallest absolute Gasteiger partial charge is 0.317 e. The Hall–Kier alpha value is -2.15. The number of aryl methyl sites for hydroxylation is 1. The Morgan fingerprint density at radius 2 is 1.70 bits per heavy atom. The number of nitrogens with zero attached hydrogens (tertiary/aromatic N) is 1. The van der Waals surface area contributed by atoms with Crippen molar-refractivity contribution in [1.82, 2.24) is 15.2 Å². The maximum atomic E-state index is 13.3. The fourth-order valence-electron chi connectivity index (χ4n) is 4.77. The summed E-state index contributed by atoms with van der Waals surface area (Å²) < 4.78 is 1.92. The quantitative estimate of drug-likeness (QED) is 0.564. The zero-order valence-corrected chi connectivity index (χ0v) is 17.9. The lowest BCUT2D eigenvalue weighted by molar-refractivity contribution is -0.135. The average Bonchev–Trinajstić information content (AvgIpc) is 2.71. The third-order valence-electron chi connectivity index (χ3n) is 6.37. The first kappa shape index (κ1) is 22.5. The number of carboxylic acid groups (broad SMARTS) is 1. The van der Waals surface area contributed by atoms with E-state index in [9.17, 15) is 14.4 Å². The van der Waals surface area contributed by atoms with Crippen LogP contribution in [0.1, 0.15) is 79.4 Å². The zero-order chi connectivity index (χ0) is 21.3. The largest absolute Gasteiger partial charge is 0.480 e. The van der Waals surface area contributed by atoms with Crippen LogP contribution < -0.4 is 16.2 Å². The number of rotatable bonds is 8. The van der Waals surface area contributed by atoms with Crippen molar-refractivity contribution in [2.45, 2.75) is 77.2 Å². The lowest BCUT2D eigenvalue weighted by Gasteiger charge is -2.26. The van der Waals surface area contributed by atoms with Gasteiger partial charge in [-0.15, -0.1) is 0 Å². The molecule has 1 saturated carbocycles. The summed E-state index contributed by atoms with van der Waals surface area (Å²) in [5.74, 6) is -0.780. The Balaban J connectivity index is 1.80. The van der Waals surface area contributed by atoms with Crippen molar-refractivity contribution in [3.63, 3.8) is 0 Å². The summed E-state index contributed by atoms with van der Waals surface area (Å²) in [6.45, 7) is 1.20.